The van der Waals surface area contributed by atoms with Crippen LogP contribution in [0.4, 0.5) is 5.82 Å². The zero-order valence-corrected chi connectivity index (χ0v) is 10.0. The molecule has 1 aliphatic rings. The SMILES string of the molecule is CC1CCC(C)C(n2ncc(Cl)c2N)C1. The number of aromatic nitrogens is 2. The first kappa shape index (κ1) is 10.8. The normalized spacial score (nSPS) is 31.8. The van der Waals surface area contributed by atoms with Gasteiger partial charge in [0.25, 0.3) is 0 Å². The molecular weight excluding hydrogens is 210 g/mol. The summed E-state index contributed by atoms with van der Waals surface area (Å²) in [5.74, 6) is 2.01. The number of hydrogen-bond donors (Lipinski definition) is 1. The van der Waals surface area contributed by atoms with Crippen molar-refractivity contribution in [3.63, 3.8) is 0 Å². The zero-order chi connectivity index (χ0) is 11.0. The third kappa shape index (κ3) is 1.98. The molecule has 3 unspecified atom stereocenters. The highest BCUT2D eigenvalue weighted by Crippen LogP contribution is 2.38. The zero-order valence-electron chi connectivity index (χ0n) is 9.28. The highest BCUT2D eigenvalue weighted by Gasteiger charge is 2.28. The predicted molar refractivity (Wildman–Crippen MR) is 62.9 cm³/mol. The van der Waals surface area contributed by atoms with E-state index in [9.17, 15) is 0 Å². The highest BCUT2D eigenvalue weighted by molar-refractivity contribution is 6.32. The van der Waals surface area contributed by atoms with E-state index in [1.54, 1.807) is 6.20 Å². The maximum absolute atomic E-state index is 5.92. The molecule has 4 heteroatoms. The number of nitrogen functional groups attached to an aromatic ring is 1. The number of nitrogens with zero attached hydrogens (tertiary/aromatic N) is 2. The second-order valence-corrected chi connectivity index (χ2v) is 5.19. The van der Waals surface area contributed by atoms with Crippen LogP contribution in [0.1, 0.15) is 39.2 Å². The van der Waals surface area contributed by atoms with Crippen LogP contribution in [0.25, 0.3) is 0 Å². The quantitative estimate of drug-likeness (QED) is 0.801. The molecule has 1 aromatic heterocycles. The van der Waals surface area contributed by atoms with Gasteiger partial charge in [0.1, 0.15) is 10.8 Å². The Hall–Kier alpha value is -0.700. The molecule has 1 saturated carbocycles. The van der Waals surface area contributed by atoms with Crippen molar-refractivity contribution >= 4 is 17.4 Å². The Morgan fingerprint density at radius 2 is 2.20 bits per heavy atom. The van der Waals surface area contributed by atoms with Crippen molar-refractivity contribution in [2.24, 2.45) is 11.8 Å². The molecule has 1 heterocycles. The van der Waals surface area contributed by atoms with Crippen LogP contribution in [-0.4, -0.2) is 9.78 Å². The first-order valence-electron chi connectivity index (χ1n) is 5.58. The number of nitrogens with two attached hydrogens (primary N) is 1. The summed E-state index contributed by atoms with van der Waals surface area (Å²) in [7, 11) is 0. The van der Waals surface area contributed by atoms with Crippen molar-refractivity contribution in [3.8, 4) is 0 Å². The summed E-state index contributed by atoms with van der Waals surface area (Å²) in [6, 6.07) is 0.418. The van der Waals surface area contributed by atoms with E-state index in [1.807, 2.05) is 4.68 Å². The van der Waals surface area contributed by atoms with E-state index in [-0.39, 0.29) is 0 Å². The van der Waals surface area contributed by atoms with E-state index in [0.29, 0.717) is 22.8 Å². The molecule has 3 atom stereocenters. The van der Waals surface area contributed by atoms with E-state index in [4.69, 9.17) is 17.3 Å². The van der Waals surface area contributed by atoms with Crippen LogP contribution in [0.15, 0.2) is 6.20 Å². The van der Waals surface area contributed by atoms with Gasteiger partial charge in [-0.15, -0.1) is 0 Å². The third-order valence-corrected chi connectivity index (χ3v) is 3.81. The fraction of sp³-hybridized carbons (Fsp3) is 0.727. The molecule has 0 radical (unpaired) electrons. The highest BCUT2D eigenvalue weighted by atomic mass is 35.5. The Kier molecular flexibility index (Phi) is 2.91. The van der Waals surface area contributed by atoms with Gasteiger partial charge in [-0.1, -0.05) is 31.9 Å². The van der Waals surface area contributed by atoms with Gasteiger partial charge in [0.05, 0.1) is 12.2 Å². The lowest BCUT2D eigenvalue weighted by molar-refractivity contribution is 0.196. The first-order valence-corrected chi connectivity index (χ1v) is 5.96. The average molecular weight is 228 g/mol. The Morgan fingerprint density at radius 1 is 1.47 bits per heavy atom. The summed E-state index contributed by atoms with van der Waals surface area (Å²) in [5, 5.41) is 4.85. The van der Waals surface area contributed by atoms with Gasteiger partial charge in [-0.2, -0.15) is 5.10 Å². The molecule has 15 heavy (non-hydrogen) atoms. The van der Waals surface area contributed by atoms with Crippen molar-refractivity contribution in [3.05, 3.63) is 11.2 Å². The lowest BCUT2D eigenvalue weighted by Gasteiger charge is -2.33. The molecule has 0 amide bonds. The van der Waals surface area contributed by atoms with Crippen LogP contribution in [0, 0.1) is 11.8 Å². The molecule has 84 valence electrons. The summed E-state index contributed by atoms with van der Waals surface area (Å²) >= 11 is 5.92. The number of rotatable bonds is 1. The van der Waals surface area contributed by atoms with E-state index >= 15 is 0 Å². The Morgan fingerprint density at radius 3 is 2.80 bits per heavy atom. The summed E-state index contributed by atoms with van der Waals surface area (Å²) < 4.78 is 1.91. The van der Waals surface area contributed by atoms with Crippen LogP contribution >= 0.6 is 11.6 Å². The maximum atomic E-state index is 5.92. The van der Waals surface area contributed by atoms with Gasteiger partial charge in [-0.05, 0) is 24.7 Å². The molecule has 1 aromatic rings. The second kappa shape index (κ2) is 4.05. The minimum absolute atomic E-state index is 0.418. The van der Waals surface area contributed by atoms with Crippen LogP contribution in [0.2, 0.25) is 5.02 Å². The Balaban J connectivity index is 2.25. The molecule has 1 aliphatic carbocycles. The fourth-order valence-electron chi connectivity index (χ4n) is 2.46. The van der Waals surface area contributed by atoms with Crippen molar-refractivity contribution in [2.75, 3.05) is 5.73 Å². The van der Waals surface area contributed by atoms with Crippen LogP contribution < -0.4 is 5.73 Å². The Labute approximate surface area is 95.6 Å². The van der Waals surface area contributed by atoms with Gasteiger partial charge in [0.2, 0.25) is 0 Å². The summed E-state index contributed by atoms with van der Waals surface area (Å²) in [6.45, 7) is 4.56. The summed E-state index contributed by atoms with van der Waals surface area (Å²) in [5.41, 5.74) is 5.91. The number of anilines is 1. The average Bonchev–Trinajstić information content (AvgIpc) is 2.52. The van der Waals surface area contributed by atoms with Gasteiger partial charge >= 0.3 is 0 Å². The molecule has 1 fully saturated rings. The third-order valence-electron chi connectivity index (χ3n) is 3.52. The van der Waals surface area contributed by atoms with Crippen molar-refractivity contribution in [1.29, 1.82) is 0 Å². The first-order chi connectivity index (χ1) is 7.09. The maximum Gasteiger partial charge on any atom is 0.140 e. The molecule has 2 N–H and O–H groups in total. The molecule has 0 aromatic carbocycles. The largest absolute Gasteiger partial charge is 0.383 e. The molecule has 2 rings (SSSR count). The molecule has 3 nitrogen and oxygen atoms in total. The van der Waals surface area contributed by atoms with Gasteiger partial charge in [0, 0.05) is 0 Å². The topological polar surface area (TPSA) is 43.8 Å². The summed E-state index contributed by atoms with van der Waals surface area (Å²) in [4.78, 5) is 0. The van der Waals surface area contributed by atoms with Crippen molar-refractivity contribution < 1.29 is 0 Å². The molecule has 0 saturated heterocycles. The van der Waals surface area contributed by atoms with Crippen LogP contribution in [-0.2, 0) is 0 Å². The molecule has 0 bridgehead atoms. The minimum Gasteiger partial charge on any atom is -0.383 e. The second-order valence-electron chi connectivity index (χ2n) is 4.79. The fourth-order valence-corrected chi connectivity index (χ4v) is 2.59. The monoisotopic (exact) mass is 227 g/mol. The van der Waals surface area contributed by atoms with E-state index < -0.39 is 0 Å². The van der Waals surface area contributed by atoms with Gasteiger partial charge < -0.3 is 5.73 Å². The van der Waals surface area contributed by atoms with Crippen LogP contribution in [0.3, 0.4) is 0 Å². The molecule has 0 spiro atoms. The smallest absolute Gasteiger partial charge is 0.140 e. The molecule has 0 aliphatic heterocycles. The minimum atomic E-state index is 0.418. The standard InChI is InChI=1S/C11H18ClN3/c1-7-3-4-8(2)10(5-7)15-11(13)9(12)6-14-15/h6-8,10H,3-5,13H2,1-2H3. The lowest BCUT2D eigenvalue weighted by atomic mass is 9.80. The molecular formula is C11H18ClN3. The van der Waals surface area contributed by atoms with Gasteiger partial charge in [-0.3, -0.25) is 0 Å². The predicted octanol–water partition coefficient (Wildman–Crippen LogP) is 3.12. The number of hydrogen-bond acceptors (Lipinski definition) is 2. The van der Waals surface area contributed by atoms with Crippen molar-refractivity contribution in [2.45, 2.75) is 39.2 Å². The van der Waals surface area contributed by atoms with Crippen molar-refractivity contribution in [1.82, 2.24) is 9.78 Å². The van der Waals surface area contributed by atoms with Crippen LogP contribution in [0.5, 0.6) is 0 Å². The number of halogens is 1. The van der Waals surface area contributed by atoms with E-state index in [0.717, 1.165) is 12.3 Å². The van der Waals surface area contributed by atoms with E-state index in [2.05, 4.69) is 18.9 Å². The summed E-state index contributed by atoms with van der Waals surface area (Å²) in [6.07, 6.45) is 5.36. The van der Waals surface area contributed by atoms with E-state index in [1.165, 1.54) is 12.8 Å². The van der Waals surface area contributed by atoms with Gasteiger partial charge in [0.15, 0.2) is 0 Å². The lowest BCUT2D eigenvalue weighted by Crippen LogP contribution is -2.26. The van der Waals surface area contributed by atoms with Gasteiger partial charge in [-0.25, -0.2) is 4.68 Å². The Bertz CT molecular complexity index is 348.